The van der Waals surface area contributed by atoms with E-state index in [0.717, 1.165) is 26.1 Å². The van der Waals surface area contributed by atoms with Crippen LogP contribution in [0.15, 0.2) is 73.1 Å². The normalized spacial score (nSPS) is 11.0. The molecule has 3 heteroatoms. The van der Waals surface area contributed by atoms with E-state index in [-0.39, 0.29) is 0 Å². The summed E-state index contributed by atoms with van der Waals surface area (Å²) in [4.78, 5) is 8.91. The number of hydrogen-bond donors (Lipinski definition) is 0. The molecule has 0 fully saturated rings. The van der Waals surface area contributed by atoms with Crippen LogP contribution in [0.1, 0.15) is 5.56 Å². The molecule has 2 heterocycles. The monoisotopic (exact) mass is 278 g/mol. The van der Waals surface area contributed by atoms with Gasteiger partial charge >= 0.3 is 0 Å². The first-order chi connectivity index (χ1) is 9.93. The molecule has 0 amide bonds. The molecule has 3 rings (SSSR count). The molecule has 0 aliphatic heterocycles. The smallest absolute Gasteiger partial charge is 0.0921 e. The summed E-state index contributed by atoms with van der Waals surface area (Å²) in [6.45, 7) is 0. The summed E-state index contributed by atoms with van der Waals surface area (Å²) in [6, 6.07) is 20.7. The minimum Gasteiger partial charge on any atom is -0.255 e. The third-order valence-electron chi connectivity index (χ3n) is 3.06. The van der Waals surface area contributed by atoms with Crippen LogP contribution >= 0.6 is 8.58 Å². The van der Waals surface area contributed by atoms with Gasteiger partial charge in [0.15, 0.2) is 0 Å². The van der Waals surface area contributed by atoms with Gasteiger partial charge < -0.3 is 0 Å². The van der Waals surface area contributed by atoms with E-state index in [1.165, 1.54) is 10.9 Å². The van der Waals surface area contributed by atoms with Crippen LogP contribution in [0.25, 0.3) is 11.4 Å². The Bertz CT molecular complexity index is 669. The highest BCUT2D eigenvalue weighted by atomic mass is 31.1. The molecule has 0 radical (unpaired) electrons. The Morgan fingerprint density at radius 2 is 1.55 bits per heavy atom. The number of rotatable bonds is 4. The van der Waals surface area contributed by atoms with E-state index in [1.807, 2.05) is 36.7 Å². The van der Waals surface area contributed by atoms with Gasteiger partial charge in [-0.1, -0.05) is 51.0 Å². The van der Waals surface area contributed by atoms with Gasteiger partial charge in [-0.3, -0.25) is 9.97 Å². The van der Waals surface area contributed by atoms with E-state index < -0.39 is 0 Å². The molecule has 0 aliphatic rings. The number of nitrogens with zero attached hydrogens (tertiary/aromatic N) is 2. The van der Waals surface area contributed by atoms with Crippen molar-refractivity contribution < 1.29 is 0 Å². The fraction of sp³-hybridized carbons (Fsp3) is 0.0588. The maximum Gasteiger partial charge on any atom is 0.0921 e. The first kappa shape index (κ1) is 13.0. The van der Waals surface area contributed by atoms with Gasteiger partial charge in [-0.15, -0.1) is 0 Å². The van der Waals surface area contributed by atoms with Crippen molar-refractivity contribution in [3.8, 4) is 11.4 Å². The molecule has 0 N–H and O–H groups in total. The van der Waals surface area contributed by atoms with Crippen molar-refractivity contribution in [3.05, 3.63) is 78.6 Å². The molecule has 0 saturated carbocycles. The Morgan fingerprint density at radius 1 is 0.750 bits per heavy atom. The van der Waals surface area contributed by atoms with Crippen LogP contribution in [-0.2, 0) is 6.16 Å². The number of benzene rings is 1. The van der Waals surface area contributed by atoms with E-state index in [9.17, 15) is 0 Å². The molecule has 3 aromatic rings. The van der Waals surface area contributed by atoms with Crippen LogP contribution in [0, 0.1) is 0 Å². The van der Waals surface area contributed by atoms with E-state index in [1.54, 1.807) is 0 Å². The van der Waals surface area contributed by atoms with Crippen LogP contribution in [0.3, 0.4) is 0 Å². The number of hydrogen-bond acceptors (Lipinski definition) is 2. The van der Waals surface area contributed by atoms with Crippen molar-refractivity contribution in [1.29, 1.82) is 0 Å². The predicted octanol–water partition coefficient (Wildman–Crippen LogP) is 3.65. The van der Waals surface area contributed by atoms with Crippen molar-refractivity contribution in [2.45, 2.75) is 6.16 Å². The van der Waals surface area contributed by atoms with E-state index in [4.69, 9.17) is 0 Å². The molecular formula is C17H15N2P. The average Bonchev–Trinajstić information content (AvgIpc) is 2.55. The summed E-state index contributed by atoms with van der Waals surface area (Å²) in [5.74, 6) is 0. The Balaban J connectivity index is 1.84. The lowest BCUT2D eigenvalue weighted by Gasteiger charge is -2.08. The lowest BCUT2D eigenvalue weighted by atomic mass is 10.1. The van der Waals surface area contributed by atoms with Crippen LogP contribution in [0.5, 0.6) is 0 Å². The second-order valence-corrected chi connectivity index (χ2v) is 5.73. The van der Waals surface area contributed by atoms with E-state index in [0.29, 0.717) is 0 Å². The summed E-state index contributed by atoms with van der Waals surface area (Å²) in [6.07, 6.45) is 4.65. The zero-order chi connectivity index (χ0) is 13.6. The summed E-state index contributed by atoms with van der Waals surface area (Å²) in [5, 5.41) is 1.38. The maximum absolute atomic E-state index is 4.50. The molecule has 1 aromatic carbocycles. The molecule has 0 spiro atoms. The summed E-state index contributed by atoms with van der Waals surface area (Å²) in [7, 11) is 0.755. The molecule has 2 nitrogen and oxygen atoms in total. The van der Waals surface area contributed by atoms with Gasteiger partial charge in [-0.25, -0.2) is 0 Å². The zero-order valence-electron chi connectivity index (χ0n) is 11.0. The van der Waals surface area contributed by atoms with Gasteiger partial charge in [0.1, 0.15) is 0 Å². The van der Waals surface area contributed by atoms with E-state index in [2.05, 4.69) is 46.4 Å². The molecule has 1 atom stereocenters. The van der Waals surface area contributed by atoms with Crippen molar-refractivity contribution >= 4 is 13.9 Å². The van der Waals surface area contributed by atoms with Crippen LogP contribution < -0.4 is 5.30 Å². The molecule has 0 bridgehead atoms. The second kappa shape index (κ2) is 6.40. The van der Waals surface area contributed by atoms with Gasteiger partial charge in [0.25, 0.3) is 0 Å². The van der Waals surface area contributed by atoms with Gasteiger partial charge in [0, 0.05) is 12.4 Å². The Kier molecular flexibility index (Phi) is 4.15. The second-order valence-electron chi connectivity index (χ2n) is 4.45. The third kappa shape index (κ3) is 3.09. The first-order valence-electron chi connectivity index (χ1n) is 6.58. The van der Waals surface area contributed by atoms with Crippen LogP contribution in [0.2, 0.25) is 0 Å². The van der Waals surface area contributed by atoms with Gasteiger partial charge in [0.05, 0.1) is 11.4 Å². The molecular weight excluding hydrogens is 263 g/mol. The summed E-state index contributed by atoms with van der Waals surface area (Å²) < 4.78 is 0. The van der Waals surface area contributed by atoms with Crippen molar-refractivity contribution in [3.63, 3.8) is 0 Å². The topological polar surface area (TPSA) is 25.8 Å². The van der Waals surface area contributed by atoms with Crippen molar-refractivity contribution in [1.82, 2.24) is 9.97 Å². The quantitative estimate of drug-likeness (QED) is 0.681. The molecule has 20 heavy (non-hydrogen) atoms. The number of pyridine rings is 2. The largest absolute Gasteiger partial charge is 0.255 e. The minimum absolute atomic E-state index is 0.755. The standard InChI is InChI=1S/C17H15N2P/c1-2-8-15(9-3-1)20-13-14-7-6-12-19-17(14)16-10-4-5-11-18-16/h1-12,20H,13H2. The molecule has 0 saturated heterocycles. The Hall–Kier alpha value is -2.05. The molecule has 0 aliphatic carbocycles. The van der Waals surface area contributed by atoms with Gasteiger partial charge in [0.2, 0.25) is 0 Å². The SMILES string of the molecule is c1ccc(PCc2cccnc2-c2ccccn2)cc1. The highest BCUT2D eigenvalue weighted by molar-refractivity contribution is 7.46. The average molecular weight is 278 g/mol. The van der Waals surface area contributed by atoms with Crippen molar-refractivity contribution in [2.24, 2.45) is 0 Å². The van der Waals surface area contributed by atoms with Gasteiger partial charge in [-0.05, 0) is 35.2 Å². The molecule has 98 valence electrons. The fourth-order valence-electron chi connectivity index (χ4n) is 2.07. The highest BCUT2D eigenvalue weighted by Gasteiger charge is 2.07. The maximum atomic E-state index is 4.50. The van der Waals surface area contributed by atoms with Crippen LogP contribution in [-0.4, -0.2) is 9.97 Å². The van der Waals surface area contributed by atoms with Gasteiger partial charge in [-0.2, -0.15) is 0 Å². The first-order valence-corrected chi connectivity index (χ1v) is 7.78. The molecule has 1 unspecified atom stereocenters. The van der Waals surface area contributed by atoms with Crippen molar-refractivity contribution in [2.75, 3.05) is 0 Å². The molecule has 2 aromatic heterocycles. The summed E-state index contributed by atoms with van der Waals surface area (Å²) >= 11 is 0. The third-order valence-corrected chi connectivity index (χ3v) is 4.35. The predicted molar refractivity (Wildman–Crippen MR) is 85.6 cm³/mol. The Morgan fingerprint density at radius 3 is 2.35 bits per heavy atom. The van der Waals surface area contributed by atoms with Crippen LogP contribution in [0.4, 0.5) is 0 Å². The minimum atomic E-state index is 0.755. The number of aromatic nitrogens is 2. The Labute approximate surface area is 120 Å². The lowest BCUT2D eigenvalue weighted by Crippen LogP contribution is -1.96. The summed E-state index contributed by atoms with van der Waals surface area (Å²) in [5.41, 5.74) is 3.20. The van der Waals surface area contributed by atoms with E-state index >= 15 is 0 Å². The highest BCUT2D eigenvalue weighted by Crippen LogP contribution is 2.25. The zero-order valence-corrected chi connectivity index (χ0v) is 12.0. The lowest BCUT2D eigenvalue weighted by molar-refractivity contribution is 1.20. The fourth-order valence-corrected chi connectivity index (χ4v) is 3.18.